The van der Waals surface area contributed by atoms with Gasteiger partial charge in [-0.15, -0.1) is 0 Å². The number of hydrogen-bond acceptors (Lipinski definition) is 4. The van der Waals surface area contributed by atoms with Crippen LogP contribution in [0.3, 0.4) is 0 Å². The normalized spacial score (nSPS) is 14.8. The van der Waals surface area contributed by atoms with Crippen LogP contribution in [-0.4, -0.2) is 19.5 Å². The molecule has 0 radical (unpaired) electrons. The molecule has 0 aromatic carbocycles. The third-order valence-corrected chi connectivity index (χ3v) is 4.38. The molecule has 0 unspecified atom stereocenters. The zero-order valence-electron chi connectivity index (χ0n) is 10.8. The van der Waals surface area contributed by atoms with Crippen LogP contribution in [0.15, 0.2) is 12.5 Å². The van der Waals surface area contributed by atoms with Gasteiger partial charge in [-0.05, 0) is 41.9 Å². The second-order valence-electron chi connectivity index (χ2n) is 4.88. The van der Waals surface area contributed by atoms with Gasteiger partial charge in [0, 0.05) is 12.5 Å². The van der Waals surface area contributed by atoms with Gasteiger partial charge in [-0.25, -0.2) is 15.0 Å². The highest BCUT2D eigenvalue weighted by molar-refractivity contribution is 14.1. The summed E-state index contributed by atoms with van der Waals surface area (Å²) in [6, 6.07) is 0. The Labute approximate surface area is 125 Å². The van der Waals surface area contributed by atoms with E-state index in [2.05, 4.69) is 44.0 Å². The Morgan fingerprint density at radius 2 is 2.21 bits per heavy atom. The van der Waals surface area contributed by atoms with Crippen molar-refractivity contribution in [2.75, 3.05) is 5.73 Å². The molecule has 1 aliphatic rings. The van der Waals surface area contributed by atoms with Crippen molar-refractivity contribution >= 4 is 28.4 Å². The Balaban J connectivity index is 2.07. The molecule has 1 fully saturated rings. The summed E-state index contributed by atoms with van der Waals surface area (Å²) >= 11 is 2.25. The highest BCUT2D eigenvalue weighted by Crippen LogP contribution is 2.42. The minimum Gasteiger partial charge on any atom is -0.383 e. The molecule has 2 aromatic heterocycles. The van der Waals surface area contributed by atoms with Gasteiger partial charge in [0.15, 0.2) is 5.82 Å². The molecule has 19 heavy (non-hydrogen) atoms. The molecule has 1 aliphatic carbocycles. The first kappa shape index (κ1) is 12.8. The maximum atomic E-state index is 6.03. The first-order chi connectivity index (χ1) is 9.20. The molecule has 2 heterocycles. The zero-order valence-corrected chi connectivity index (χ0v) is 13.0. The van der Waals surface area contributed by atoms with Crippen LogP contribution < -0.4 is 5.73 Å². The standard InChI is InChI=1S/C13H16IN5/c1-2-5-19-7-16-6-9(19)13-17-11(8-3-4-8)10(14)12(15)18-13/h6-8H,2-5H2,1H3,(H2,15,17,18). The molecule has 0 saturated heterocycles. The summed E-state index contributed by atoms with van der Waals surface area (Å²) < 4.78 is 3.09. The Hall–Kier alpha value is -1.18. The van der Waals surface area contributed by atoms with E-state index in [0.29, 0.717) is 17.6 Å². The molecule has 0 atom stereocenters. The van der Waals surface area contributed by atoms with Crippen molar-refractivity contribution in [1.29, 1.82) is 0 Å². The van der Waals surface area contributed by atoms with Crippen LogP contribution in [0.25, 0.3) is 11.5 Å². The van der Waals surface area contributed by atoms with E-state index < -0.39 is 0 Å². The summed E-state index contributed by atoms with van der Waals surface area (Å²) in [4.78, 5) is 13.3. The lowest BCUT2D eigenvalue weighted by atomic mass is 10.2. The average molecular weight is 369 g/mol. The first-order valence-corrected chi connectivity index (χ1v) is 7.62. The summed E-state index contributed by atoms with van der Waals surface area (Å²) in [7, 11) is 0. The molecule has 0 amide bonds. The predicted molar refractivity (Wildman–Crippen MR) is 82.6 cm³/mol. The molecule has 5 nitrogen and oxygen atoms in total. The van der Waals surface area contributed by atoms with Crippen LogP contribution in [0.4, 0.5) is 5.82 Å². The van der Waals surface area contributed by atoms with Crippen LogP contribution >= 0.6 is 22.6 Å². The molecule has 2 N–H and O–H groups in total. The number of imidazole rings is 1. The fourth-order valence-corrected chi connectivity index (χ4v) is 2.83. The van der Waals surface area contributed by atoms with Gasteiger partial charge in [0.1, 0.15) is 11.5 Å². The Kier molecular flexibility index (Phi) is 3.42. The quantitative estimate of drug-likeness (QED) is 0.842. The Bertz CT molecular complexity index is 603. The molecule has 0 bridgehead atoms. The van der Waals surface area contributed by atoms with E-state index in [1.165, 1.54) is 12.8 Å². The maximum absolute atomic E-state index is 6.03. The Morgan fingerprint density at radius 1 is 1.42 bits per heavy atom. The van der Waals surface area contributed by atoms with Gasteiger partial charge < -0.3 is 10.3 Å². The fourth-order valence-electron chi connectivity index (χ4n) is 2.15. The van der Waals surface area contributed by atoms with Crippen molar-refractivity contribution in [2.24, 2.45) is 0 Å². The lowest BCUT2D eigenvalue weighted by molar-refractivity contribution is 0.681. The number of halogens is 1. The van der Waals surface area contributed by atoms with E-state index in [0.717, 1.165) is 27.9 Å². The molecule has 6 heteroatoms. The molecule has 3 rings (SSSR count). The first-order valence-electron chi connectivity index (χ1n) is 6.54. The number of hydrogen-bond donors (Lipinski definition) is 1. The number of nitrogens with zero attached hydrogens (tertiary/aromatic N) is 4. The van der Waals surface area contributed by atoms with Crippen molar-refractivity contribution in [1.82, 2.24) is 19.5 Å². The van der Waals surface area contributed by atoms with Crippen LogP contribution in [0, 0.1) is 3.57 Å². The lowest BCUT2D eigenvalue weighted by Crippen LogP contribution is -2.07. The summed E-state index contributed by atoms with van der Waals surface area (Å²) in [5.41, 5.74) is 8.08. The maximum Gasteiger partial charge on any atom is 0.180 e. The number of aryl methyl sites for hydroxylation is 1. The smallest absolute Gasteiger partial charge is 0.180 e. The van der Waals surface area contributed by atoms with Gasteiger partial charge in [-0.2, -0.15) is 0 Å². The van der Waals surface area contributed by atoms with Gasteiger partial charge in [-0.3, -0.25) is 0 Å². The van der Waals surface area contributed by atoms with E-state index in [1.54, 1.807) is 0 Å². The molecular formula is C13H16IN5. The van der Waals surface area contributed by atoms with E-state index in [-0.39, 0.29) is 0 Å². The van der Waals surface area contributed by atoms with Crippen molar-refractivity contribution < 1.29 is 0 Å². The molecule has 2 aromatic rings. The van der Waals surface area contributed by atoms with Gasteiger partial charge >= 0.3 is 0 Å². The third kappa shape index (κ3) is 2.45. The summed E-state index contributed by atoms with van der Waals surface area (Å²) in [5.74, 6) is 1.85. The second kappa shape index (κ2) is 5.07. The largest absolute Gasteiger partial charge is 0.383 e. The molecule has 0 aliphatic heterocycles. The minimum atomic E-state index is 0.568. The lowest BCUT2D eigenvalue weighted by Gasteiger charge is -2.10. The summed E-state index contributed by atoms with van der Waals surface area (Å²) in [6.07, 6.45) is 7.11. The van der Waals surface area contributed by atoms with Crippen LogP contribution in [-0.2, 0) is 6.54 Å². The Morgan fingerprint density at radius 3 is 2.89 bits per heavy atom. The highest BCUT2D eigenvalue weighted by Gasteiger charge is 2.29. The second-order valence-corrected chi connectivity index (χ2v) is 5.96. The van der Waals surface area contributed by atoms with Crippen LogP contribution in [0.5, 0.6) is 0 Å². The number of nitrogens with two attached hydrogens (primary N) is 1. The van der Waals surface area contributed by atoms with Crippen LogP contribution in [0.2, 0.25) is 0 Å². The fraction of sp³-hybridized carbons (Fsp3) is 0.462. The molecule has 0 spiro atoms. The topological polar surface area (TPSA) is 69.6 Å². The number of anilines is 1. The molecule has 1 saturated carbocycles. The van der Waals surface area contributed by atoms with E-state index in [4.69, 9.17) is 10.7 Å². The van der Waals surface area contributed by atoms with E-state index in [1.807, 2.05) is 12.5 Å². The number of nitrogen functional groups attached to an aromatic ring is 1. The van der Waals surface area contributed by atoms with Crippen LogP contribution in [0.1, 0.15) is 37.8 Å². The van der Waals surface area contributed by atoms with Crippen molar-refractivity contribution in [3.8, 4) is 11.5 Å². The van der Waals surface area contributed by atoms with Crippen molar-refractivity contribution in [2.45, 2.75) is 38.6 Å². The van der Waals surface area contributed by atoms with Gasteiger partial charge in [0.05, 0.1) is 21.8 Å². The van der Waals surface area contributed by atoms with Gasteiger partial charge in [0.25, 0.3) is 0 Å². The number of aromatic nitrogens is 4. The highest BCUT2D eigenvalue weighted by atomic mass is 127. The number of rotatable bonds is 4. The minimum absolute atomic E-state index is 0.568. The molecule has 100 valence electrons. The zero-order chi connectivity index (χ0) is 13.4. The van der Waals surface area contributed by atoms with E-state index in [9.17, 15) is 0 Å². The van der Waals surface area contributed by atoms with E-state index >= 15 is 0 Å². The SMILES string of the molecule is CCCn1cncc1-c1nc(N)c(I)c(C2CC2)n1. The third-order valence-electron chi connectivity index (χ3n) is 3.27. The molecular weight excluding hydrogens is 353 g/mol. The predicted octanol–water partition coefficient (Wildman–Crippen LogP) is 2.81. The van der Waals surface area contributed by atoms with Gasteiger partial charge in [0.2, 0.25) is 0 Å². The monoisotopic (exact) mass is 369 g/mol. The average Bonchev–Trinajstić information content (AvgIpc) is 3.13. The van der Waals surface area contributed by atoms with Crippen molar-refractivity contribution in [3.05, 3.63) is 21.8 Å². The summed E-state index contributed by atoms with van der Waals surface area (Å²) in [5, 5.41) is 0. The summed E-state index contributed by atoms with van der Waals surface area (Å²) in [6.45, 7) is 3.06. The van der Waals surface area contributed by atoms with Gasteiger partial charge in [-0.1, -0.05) is 6.92 Å². The van der Waals surface area contributed by atoms with Crippen molar-refractivity contribution in [3.63, 3.8) is 0 Å².